The van der Waals surface area contributed by atoms with Gasteiger partial charge in [0, 0.05) is 0 Å². The zero-order valence-electron chi connectivity index (χ0n) is 7.09. The summed E-state index contributed by atoms with van der Waals surface area (Å²) in [6, 6.07) is 4.69. The highest BCUT2D eigenvalue weighted by Gasteiger charge is 2.18. The first kappa shape index (κ1) is 8.28. The molecule has 0 radical (unpaired) electrons. The van der Waals surface area contributed by atoms with E-state index in [1.807, 2.05) is 0 Å². The minimum Gasteiger partial charge on any atom is -0.360 e. The monoisotopic (exact) mass is 176 g/mol. The predicted octanol–water partition coefficient (Wildman–Crippen LogP) is 2.07. The van der Waals surface area contributed by atoms with Crippen molar-refractivity contribution >= 4 is 0 Å². The van der Waals surface area contributed by atoms with Crippen LogP contribution in [0.3, 0.4) is 0 Å². The van der Waals surface area contributed by atoms with Crippen molar-refractivity contribution in [3.63, 3.8) is 0 Å². The van der Waals surface area contributed by atoms with Gasteiger partial charge >= 0.3 is 0 Å². The Kier molecular flexibility index (Phi) is 2.03. The second-order valence-electron chi connectivity index (χ2n) is 3.01. The summed E-state index contributed by atoms with van der Waals surface area (Å²) in [6.07, 6.45) is 5.71. The third kappa shape index (κ3) is 1.43. The summed E-state index contributed by atoms with van der Waals surface area (Å²) in [7, 11) is 0. The van der Waals surface area contributed by atoms with Gasteiger partial charge in [0.2, 0.25) is 0 Å². The lowest BCUT2D eigenvalue weighted by molar-refractivity contribution is 0.0812. The van der Waals surface area contributed by atoms with Crippen molar-refractivity contribution in [1.82, 2.24) is 0 Å². The standard InChI is InChI=1S/C11H9FO/c1-2-11-10-7-9(12)4-3-8(10)5-6-13-11/h1,3-4,7,11H,5-6H2/t11-/m1/s1. The van der Waals surface area contributed by atoms with E-state index in [2.05, 4.69) is 5.92 Å². The number of rotatable bonds is 0. The van der Waals surface area contributed by atoms with Gasteiger partial charge in [-0.1, -0.05) is 12.0 Å². The molecule has 0 spiro atoms. The lowest BCUT2D eigenvalue weighted by Gasteiger charge is -2.21. The summed E-state index contributed by atoms with van der Waals surface area (Å²) < 4.78 is 18.2. The van der Waals surface area contributed by atoms with Crippen LogP contribution in [0.15, 0.2) is 18.2 Å². The maximum atomic E-state index is 12.9. The van der Waals surface area contributed by atoms with Gasteiger partial charge in [0.1, 0.15) is 11.9 Å². The van der Waals surface area contributed by atoms with Crippen LogP contribution in [0.4, 0.5) is 4.39 Å². The fourth-order valence-corrected chi connectivity index (χ4v) is 1.55. The molecule has 1 aromatic carbocycles. The molecule has 1 aromatic rings. The third-order valence-corrected chi connectivity index (χ3v) is 2.20. The normalized spacial score (nSPS) is 20.5. The van der Waals surface area contributed by atoms with Gasteiger partial charge in [0.25, 0.3) is 0 Å². The van der Waals surface area contributed by atoms with Crippen molar-refractivity contribution in [2.24, 2.45) is 0 Å². The first-order valence-corrected chi connectivity index (χ1v) is 4.17. The third-order valence-electron chi connectivity index (χ3n) is 2.20. The highest BCUT2D eigenvalue weighted by Crippen LogP contribution is 2.26. The first-order valence-electron chi connectivity index (χ1n) is 4.17. The summed E-state index contributed by atoms with van der Waals surface area (Å²) in [5.74, 6) is 2.24. The first-order chi connectivity index (χ1) is 6.31. The Hall–Kier alpha value is -1.33. The summed E-state index contributed by atoms with van der Waals surface area (Å²) in [5, 5.41) is 0. The maximum absolute atomic E-state index is 12.9. The largest absolute Gasteiger partial charge is 0.360 e. The van der Waals surface area contributed by atoms with Crippen LogP contribution in [0.5, 0.6) is 0 Å². The average molecular weight is 176 g/mol. The molecule has 66 valence electrons. The van der Waals surface area contributed by atoms with Crippen molar-refractivity contribution in [1.29, 1.82) is 0 Å². The number of hydrogen-bond acceptors (Lipinski definition) is 1. The quantitative estimate of drug-likeness (QED) is 0.550. The molecule has 13 heavy (non-hydrogen) atoms. The van der Waals surface area contributed by atoms with Crippen LogP contribution >= 0.6 is 0 Å². The minimum absolute atomic E-state index is 0.260. The Bertz CT molecular complexity index is 365. The van der Waals surface area contributed by atoms with Crippen LogP contribution in [-0.4, -0.2) is 6.61 Å². The highest BCUT2D eigenvalue weighted by atomic mass is 19.1. The van der Waals surface area contributed by atoms with Crippen molar-refractivity contribution in [3.05, 3.63) is 35.1 Å². The van der Waals surface area contributed by atoms with Crippen molar-refractivity contribution in [3.8, 4) is 12.3 Å². The Labute approximate surface area is 76.5 Å². The summed E-state index contributed by atoms with van der Waals surface area (Å²) in [4.78, 5) is 0. The lowest BCUT2D eigenvalue weighted by atomic mass is 9.98. The van der Waals surface area contributed by atoms with E-state index in [9.17, 15) is 4.39 Å². The molecule has 0 unspecified atom stereocenters. The van der Waals surface area contributed by atoms with Gasteiger partial charge in [0.15, 0.2) is 0 Å². The molecule has 0 amide bonds. The topological polar surface area (TPSA) is 9.23 Å². The molecule has 1 heterocycles. The molecule has 2 rings (SSSR count). The fraction of sp³-hybridized carbons (Fsp3) is 0.273. The number of fused-ring (bicyclic) bond motifs is 1. The molecule has 0 saturated heterocycles. The number of benzene rings is 1. The molecule has 0 fully saturated rings. The van der Waals surface area contributed by atoms with Gasteiger partial charge in [-0.25, -0.2) is 4.39 Å². The molecular weight excluding hydrogens is 167 g/mol. The molecule has 1 aliphatic rings. The Morgan fingerprint density at radius 2 is 2.38 bits per heavy atom. The molecule has 1 atom stereocenters. The summed E-state index contributed by atoms with van der Waals surface area (Å²) in [6.45, 7) is 0.619. The van der Waals surface area contributed by atoms with Crippen molar-refractivity contribution in [2.75, 3.05) is 6.61 Å². The number of halogens is 1. The number of terminal acetylenes is 1. The van der Waals surface area contributed by atoms with Crippen LogP contribution in [0, 0.1) is 18.2 Å². The van der Waals surface area contributed by atoms with Gasteiger partial charge in [-0.05, 0) is 29.7 Å². The Morgan fingerprint density at radius 1 is 1.54 bits per heavy atom. The van der Waals surface area contributed by atoms with E-state index in [1.165, 1.54) is 12.1 Å². The van der Waals surface area contributed by atoms with Gasteiger partial charge in [-0.15, -0.1) is 6.42 Å². The summed E-state index contributed by atoms with van der Waals surface area (Å²) in [5.41, 5.74) is 1.89. The lowest BCUT2D eigenvalue weighted by Crippen LogP contribution is -2.15. The van der Waals surface area contributed by atoms with Crippen LogP contribution in [0.25, 0.3) is 0 Å². The van der Waals surface area contributed by atoms with Gasteiger partial charge in [-0.2, -0.15) is 0 Å². The van der Waals surface area contributed by atoms with Gasteiger partial charge < -0.3 is 4.74 Å². The van der Waals surface area contributed by atoms with E-state index < -0.39 is 0 Å². The average Bonchev–Trinajstić information content (AvgIpc) is 2.17. The molecule has 0 saturated carbocycles. The fourth-order valence-electron chi connectivity index (χ4n) is 1.55. The Morgan fingerprint density at radius 3 is 3.15 bits per heavy atom. The van der Waals surface area contributed by atoms with Crippen LogP contribution in [0.2, 0.25) is 0 Å². The number of hydrogen-bond donors (Lipinski definition) is 0. The predicted molar refractivity (Wildman–Crippen MR) is 47.6 cm³/mol. The second-order valence-corrected chi connectivity index (χ2v) is 3.01. The molecule has 2 heteroatoms. The molecule has 1 aliphatic heterocycles. The highest BCUT2D eigenvalue weighted by molar-refractivity contribution is 5.35. The van der Waals surface area contributed by atoms with E-state index in [0.29, 0.717) is 6.61 Å². The Balaban J connectivity index is 2.49. The summed E-state index contributed by atoms with van der Waals surface area (Å²) >= 11 is 0. The van der Waals surface area contributed by atoms with Crippen molar-refractivity contribution < 1.29 is 9.13 Å². The van der Waals surface area contributed by atoms with E-state index in [0.717, 1.165) is 17.5 Å². The van der Waals surface area contributed by atoms with Crippen LogP contribution < -0.4 is 0 Å². The molecule has 0 N–H and O–H groups in total. The van der Waals surface area contributed by atoms with Crippen molar-refractivity contribution in [2.45, 2.75) is 12.5 Å². The van der Waals surface area contributed by atoms with E-state index in [-0.39, 0.29) is 11.9 Å². The maximum Gasteiger partial charge on any atom is 0.143 e. The van der Waals surface area contributed by atoms with Gasteiger partial charge in [0.05, 0.1) is 6.61 Å². The minimum atomic E-state index is -0.376. The van der Waals surface area contributed by atoms with E-state index >= 15 is 0 Å². The second kappa shape index (κ2) is 3.20. The van der Waals surface area contributed by atoms with Crippen LogP contribution in [-0.2, 0) is 11.2 Å². The molecule has 0 bridgehead atoms. The zero-order chi connectivity index (χ0) is 9.26. The molecular formula is C11H9FO. The molecule has 0 aromatic heterocycles. The van der Waals surface area contributed by atoms with Gasteiger partial charge in [-0.3, -0.25) is 0 Å². The smallest absolute Gasteiger partial charge is 0.143 e. The SMILES string of the molecule is C#C[C@H]1OCCc2ccc(F)cc21. The number of ether oxygens (including phenoxy) is 1. The zero-order valence-corrected chi connectivity index (χ0v) is 7.09. The van der Waals surface area contributed by atoms with E-state index in [4.69, 9.17) is 11.2 Å². The van der Waals surface area contributed by atoms with Crippen LogP contribution in [0.1, 0.15) is 17.2 Å². The molecule has 1 nitrogen and oxygen atoms in total. The van der Waals surface area contributed by atoms with E-state index in [1.54, 1.807) is 6.07 Å². The molecule has 0 aliphatic carbocycles.